The van der Waals surface area contributed by atoms with Crippen molar-refractivity contribution in [2.75, 3.05) is 32.1 Å². The first-order chi connectivity index (χ1) is 6.64. The molecule has 0 spiro atoms. The monoisotopic (exact) mass is 223 g/mol. The van der Waals surface area contributed by atoms with Crippen LogP contribution in [0, 0.1) is 5.92 Å². The molecule has 0 amide bonds. The third kappa shape index (κ3) is 5.54. The van der Waals surface area contributed by atoms with Crippen LogP contribution in [0.4, 0.5) is 0 Å². The van der Waals surface area contributed by atoms with E-state index in [1.807, 2.05) is 0 Å². The maximum Gasteiger partial charge on any atom is 0.211 e. The average Bonchev–Trinajstić information content (AvgIpc) is 2.87. The van der Waals surface area contributed by atoms with E-state index in [1.54, 1.807) is 0 Å². The largest absolute Gasteiger partial charge is 0.394 e. The van der Waals surface area contributed by atoms with Gasteiger partial charge in [-0.2, -0.15) is 0 Å². The highest BCUT2D eigenvalue weighted by Crippen LogP contribution is 2.29. The predicted octanol–water partition coefficient (Wildman–Crippen LogP) is -0.675. The number of nitrogens with one attached hydrogen (secondary N) is 1. The van der Waals surface area contributed by atoms with Crippen molar-refractivity contribution in [2.24, 2.45) is 5.92 Å². The summed E-state index contributed by atoms with van der Waals surface area (Å²) in [5, 5.41) is 8.39. The van der Waals surface area contributed by atoms with Crippen molar-refractivity contribution in [1.29, 1.82) is 0 Å². The zero-order valence-corrected chi connectivity index (χ0v) is 8.92. The van der Waals surface area contributed by atoms with Crippen LogP contribution in [0.1, 0.15) is 12.8 Å². The van der Waals surface area contributed by atoms with Crippen LogP contribution in [0.3, 0.4) is 0 Å². The van der Waals surface area contributed by atoms with E-state index < -0.39 is 10.0 Å². The number of aliphatic hydroxyl groups is 1. The van der Waals surface area contributed by atoms with Gasteiger partial charge in [-0.1, -0.05) is 0 Å². The minimum Gasteiger partial charge on any atom is -0.394 e. The normalized spacial score (nSPS) is 17.2. The van der Waals surface area contributed by atoms with Crippen molar-refractivity contribution in [3.63, 3.8) is 0 Å². The molecule has 0 aliphatic heterocycles. The van der Waals surface area contributed by atoms with Gasteiger partial charge in [-0.3, -0.25) is 0 Å². The van der Waals surface area contributed by atoms with Gasteiger partial charge in [0.05, 0.1) is 25.6 Å². The lowest BCUT2D eigenvalue weighted by molar-refractivity contribution is 0.0961. The molecule has 0 aromatic carbocycles. The Morgan fingerprint density at radius 3 is 2.64 bits per heavy atom. The minimum absolute atomic E-state index is 0.0329. The molecule has 0 bridgehead atoms. The van der Waals surface area contributed by atoms with Gasteiger partial charge in [0.15, 0.2) is 0 Å². The topological polar surface area (TPSA) is 75.6 Å². The number of hydrogen-bond acceptors (Lipinski definition) is 4. The Labute approximate surface area is 84.5 Å². The molecule has 14 heavy (non-hydrogen) atoms. The van der Waals surface area contributed by atoms with E-state index >= 15 is 0 Å². The van der Waals surface area contributed by atoms with Gasteiger partial charge in [0, 0.05) is 6.54 Å². The SMILES string of the molecule is O=S(=O)(CC1CC1)NCCOCCO. The second-order valence-corrected chi connectivity index (χ2v) is 5.31. The lowest BCUT2D eigenvalue weighted by Crippen LogP contribution is -2.30. The van der Waals surface area contributed by atoms with E-state index in [-0.39, 0.29) is 25.5 Å². The van der Waals surface area contributed by atoms with Gasteiger partial charge in [-0.25, -0.2) is 13.1 Å². The zero-order valence-electron chi connectivity index (χ0n) is 8.11. The van der Waals surface area contributed by atoms with E-state index in [4.69, 9.17) is 9.84 Å². The summed E-state index contributed by atoms with van der Waals surface area (Å²) in [7, 11) is -3.10. The summed E-state index contributed by atoms with van der Waals surface area (Å²) < 4.78 is 30.0. The van der Waals surface area contributed by atoms with Crippen LogP contribution in [0.15, 0.2) is 0 Å². The molecule has 84 valence electrons. The number of rotatable bonds is 8. The molecule has 1 aliphatic rings. The highest BCUT2D eigenvalue weighted by Gasteiger charge is 2.27. The third-order valence-electron chi connectivity index (χ3n) is 1.96. The van der Waals surface area contributed by atoms with Gasteiger partial charge in [-0.15, -0.1) is 0 Å². The van der Waals surface area contributed by atoms with Gasteiger partial charge in [0.25, 0.3) is 0 Å². The third-order valence-corrected chi connectivity index (χ3v) is 3.51. The highest BCUT2D eigenvalue weighted by atomic mass is 32.2. The molecule has 0 saturated heterocycles. The second-order valence-electron chi connectivity index (χ2n) is 3.46. The molecule has 2 N–H and O–H groups in total. The van der Waals surface area contributed by atoms with E-state index in [1.165, 1.54) is 0 Å². The van der Waals surface area contributed by atoms with Crippen molar-refractivity contribution < 1.29 is 18.3 Å². The smallest absolute Gasteiger partial charge is 0.211 e. The van der Waals surface area contributed by atoms with E-state index in [0.717, 1.165) is 12.8 Å². The minimum atomic E-state index is -3.10. The van der Waals surface area contributed by atoms with Crippen molar-refractivity contribution >= 4 is 10.0 Å². The number of sulfonamides is 1. The molecule has 1 aliphatic carbocycles. The molecule has 1 fully saturated rings. The van der Waals surface area contributed by atoms with E-state index in [0.29, 0.717) is 12.5 Å². The maximum atomic E-state index is 11.3. The van der Waals surface area contributed by atoms with Gasteiger partial charge >= 0.3 is 0 Å². The zero-order chi connectivity index (χ0) is 10.4. The maximum absolute atomic E-state index is 11.3. The first-order valence-electron chi connectivity index (χ1n) is 4.80. The fourth-order valence-electron chi connectivity index (χ4n) is 1.09. The highest BCUT2D eigenvalue weighted by molar-refractivity contribution is 7.89. The number of aliphatic hydroxyl groups excluding tert-OH is 1. The molecular weight excluding hydrogens is 206 g/mol. The Balaban J connectivity index is 2.03. The Bertz CT molecular complexity index is 248. The first kappa shape index (κ1) is 11.9. The van der Waals surface area contributed by atoms with Crippen LogP contribution in [-0.2, 0) is 14.8 Å². The summed E-state index contributed by atoms with van der Waals surface area (Å²) in [5.41, 5.74) is 0. The fourth-order valence-corrected chi connectivity index (χ4v) is 2.56. The summed E-state index contributed by atoms with van der Waals surface area (Å²) >= 11 is 0. The van der Waals surface area contributed by atoms with Gasteiger partial charge in [-0.05, 0) is 18.8 Å². The second kappa shape index (κ2) is 5.65. The molecule has 1 saturated carbocycles. The summed E-state index contributed by atoms with van der Waals surface area (Å²) in [5.74, 6) is 0.610. The molecule has 0 heterocycles. The van der Waals surface area contributed by atoms with Crippen molar-refractivity contribution in [3.05, 3.63) is 0 Å². The Hall–Kier alpha value is -0.170. The van der Waals surface area contributed by atoms with Gasteiger partial charge in [0.2, 0.25) is 10.0 Å². The summed E-state index contributed by atoms with van der Waals surface area (Å²) in [6.07, 6.45) is 2.06. The number of hydrogen-bond donors (Lipinski definition) is 2. The summed E-state index contributed by atoms with van der Waals surface area (Å²) in [6.45, 7) is 0.818. The molecule has 1 rings (SSSR count). The van der Waals surface area contributed by atoms with Crippen LogP contribution in [0.2, 0.25) is 0 Å². The molecule has 0 radical (unpaired) electrons. The Kier molecular flexibility index (Phi) is 4.80. The van der Waals surface area contributed by atoms with Crippen LogP contribution >= 0.6 is 0 Å². The summed E-state index contributed by atoms with van der Waals surface area (Å²) in [4.78, 5) is 0. The number of ether oxygens (including phenoxy) is 1. The molecular formula is C8H17NO4S. The molecule has 0 atom stereocenters. The van der Waals surface area contributed by atoms with Gasteiger partial charge < -0.3 is 9.84 Å². The van der Waals surface area contributed by atoms with Crippen molar-refractivity contribution in [2.45, 2.75) is 12.8 Å². The molecule has 0 unspecified atom stereocenters. The molecule has 5 nitrogen and oxygen atoms in total. The van der Waals surface area contributed by atoms with Crippen molar-refractivity contribution in [3.8, 4) is 0 Å². The predicted molar refractivity (Wildman–Crippen MR) is 52.4 cm³/mol. The fraction of sp³-hybridized carbons (Fsp3) is 1.00. The molecule has 0 aromatic heterocycles. The summed E-state index contributed by atoms with van der Waals surface area (Å²) in [6, 6.07) is 0. The average molecular weight is 223 g/mol. The lowest BCUT2D eigenvalue weighted by atomic mass is 10.5. The molecule has 6 heteroatoms. The van der Waals surface area contributed by atoms with Crippen LogP contribution in [0.25, 0.3) is 0 Å². The first-order valence-corrected chi connectivity index (χ1v) is 6.45. The molecule has 0 aromatic rings. The van der Waals surface area contributed by atoms with E-state index in [9.17, 15) is 8.42 Å². The van der Waals surface area contributed by atoms with Crippen LogP contribution in [0.5, 0.6) is 0 Å². The Morgan fingerprint density at radius 1 is 1.36 bits per heavy atom. The van der Waals surface area contributed by atoms with Crippen LogP contribution in [-0.4, -0.2) is 45.6 Å². The lowest BCUT2D eigenvalue weighted by Gasteiger charge is -2.05. The van der Waals surface area contributed by atoms with Crippen molar-refractivity contribution in [1.82, 2.24) is 4.72 Å². The quantitative estimate of drug-likeness (QED) is 0.535. The standard InChI is InChI=1S/C8H17NO4S/c10-4-6-13-5-3-9-14(11,12)7-8-1-2-8/h8-10H,1-7H2. The van der Waals surface area contributed by atoms with Crippen LogP contribution < -0.4 is 4.72 Å². The van der Waals surface area contributed by atoms with Gasteiger partial charge in [0.1, 0.15) is 0 Å². The van der Waals surface area contributed by atoms with E-state index in [2.05, 4.69) is 4.72 Å². The Morgan fingerprint density at radius 2 is 2.07 bits per heavy atom.